The molecule has 1 heterocycles. The van der Waals surface area contributed by atoms with E-state index in [1.165, 1.54) is 25.5 Å². The molecule has 0 saturated heterocycles. The number of hydrogen-bond donors (Lipinski definition) is 2. The van der Waals surface area contributed by atoms with Crippen LogP contribution < -0.4 is 20.1 Å². The van der Waals surface area contributed by atoms with Crippen LogP contribution in [0, 0.1) is 0 Å². The number of methoxy groups -OCH3 is 1. The number of carbonyl (C=O) groups is 2. The molecule has 0 bridgehead atoms. The van der Waals surface area contributed by atoms with Crippen molar-refractivity contribution in [3.63, 3.8) is 0 Å². The number of carbonyl (C=O) groups excluding carboxylic acids is 2. The Labute approximate surface area is 183 Å². The maximum absolute atomic E-state index is 13.6. The zero-order chi connectivity index (χ0) is 24.2. The van der Waals surface area contributed by atoms with Crippen LogP contribution >= 0.6 is 0 Å². The van der Waals surface area contributed by atoms with Crippen LogP contribution in [0.15, 0.2) is 59.2 Å². The summed E-state index contributed by atoms with van der Waals surface area (Å²) in [6.45, 7) is -3.21. The summed E-state index contributed by atoms with van der Waals surface area (Å²) in [5, 5.41) is 4.35. The molecule has 12 heteroatoms. The number of alkyl halides is 5. The van der Waals surface area contributed by atoms with Crippen molar-refractivity contribution in [2.45, 2.75) is 12.8 Å². The van der Waals surface area contributed by atoms with E-state index in [0.29, 0.717) is 6.07 Å². The number of ether oxygens (including phenoxy) is 2. The van der Waals surface area contributed by atoms with E-state index in [9.17, 15) is 31.5 Å². The van der Waals surface area contributed by atoms with Crippen molar-refractivity contribution in [3.8, 4) is 11.5 Å². The van der Waals surface area contributed by atoms with E-state index in [0.717, 1.165) is 30.3 Å². The summed E-state index contributed by atoms with van der Waals surface area (Å²) in [5.41, 5.74) is -2.31. The van der Waals surface area contributed by atoms with Crippen LogP contribution in [-0.2, 0) is 6.18 Å². The molecule has 0 fully saturated rings. The monoisotopic (exact) mass is 470 g/mol. The van der Waals surface area contributed by atoms with Crippen LogP contribution in [0.1, 0.15) is 26.5 Å². The van der Waals surface area contributed by atoms with Crippen molar-refractivity contribution >= 4 is 23.2 Å². The predicted molar refractivity (Wildman–Crippen MR) is 106 cm³/mol. The van der Waals surface area contributed by atoms with Gasteiger partial charge in [-0.1, -0.05) is 0 Å². The van der Waals surface area contributed by atoms with Crippen LogP contribution in [-0.4, -0.2) is 25.5 Å². The minimum absolute atomic E-state index is 0.0977. The molecule has 174 valence electrons. The van der Waals surface area contributed by atoms with Gasteiger partial charge in [-0.3, -0.25) is 9.59 Å². The van der Waals surface area contributed by atoms with E-state index >= 15 is 0 Å². The average Bonchev–Trinajstić information content (AvgIpc) is 3.28. The molecule has 2 N–H and O–H groups in total. The molecule has 33 heavy (non-hydrogen) atoms. The largest absolute Gasteiger partial charge is 0.493 e. The van der Waals surface area contributed by atoms with Gasteiger partial charge in [0.15, 0.2) is 17.3 Å². The van der Waals surface area contributed by atoms with Crippen molar-refractivity contribution in [3.05, 3.63) is 71.7 Å². The normalized spacial score (nSPS) is 11.2. The molecular weight excluding hydrogens is 455 g/mol. The maximum atomic E-state index is 13.6. The predicted octanol–water partition coefficient (Wildman–Crippen LogP) is 5.41. The van der Waals surface area contributed by atoms with Crippen LogP contribution in [0.5, 0.6) is 11.5 Å². The lowest BCUT2D eigenvalue weighted by Crippen LogP contribution is -2.18. The van der Waals surface area contributed by atoms with E-state index in [2.05, 4.69) is 15.4 Å². The lowest BCUT2D eigenvalue weighted by molar-refractivity contribution is -0.136. The molecule has 0 saturated carbocycles. The number of amides is 2. The molecule has 2 amide bonds. The van der Waals surface area contributed by atoms with E-state index in [4.69, 9.17) is 9.15 Å². The van der Waals surface area contributed by atoms with E-state index in [1.54, 1.807) is 0 Å². The second kappa shape index (κ2) is 9.59. The Bertz CT molecular complexity index is 1150. The lowest BCUT2D eigenvalue weighted by Gasteiger charge is -2.16. The Balaban J connectivity index is 1.86. The summed E-state index contributed by atoms with van der Waals surface area (Å²) in [6.07, 6.45) is -3.66. The summed E-state index contributed by atoms with van der Waals surface area (Å²) >= 11 is 0. The summed E-state index contributed by atoms with van der Waals surface area (Å²) in [6, 6.07) is 8.72. The Morgan fingerprint density at radius 3 is 2.33 bits per heavy atom. The first-order valence-corrected chi connectivity index (χ1v) is 9.09. The Morgan fingerprint density at radius 2 is 1.73 bits per heavy atom. The van der Waals surface area contributed by atoms with Gasteiger partial charge in [-0.25, -0.2) is 0 Å². The highest BCUT2D eigenvalue weighted by Crippen LogP contribution is 2.37. The Hall–Kier alpha value is -4.09. The van der Waals surface area contributed by atoms with Gasteiger partial charge in [0, 0.05) is 11.3 Å². The second-order valence-corrected chi connectivity index (χ2v) is 6.39. The average molecular weight is 470 g/mol. The van der Waals surface area contributed by atoms with Crippen molar-refractivity contribution in [2.24, 2.45) is 0 Å². The fourth-order valence-corrected chi connectivity index (χ4v) is 2.77. The van der Waals surface area contributed by atoms with Gasteiger partial charge in [-0.15, -0.1) is 0 Å². The Morgan fingerprint density at radius 1 is 0.970 bits per heavy atom. The summed E-state index contributed by atoms with van der Waals surface area (Å²) in [7, 11) is 1.19. The second-order valence-electron chi connectivity index (χ2n) is 6.39. The van der Waals surface area contributed by atoms with Gasteiger partial charge in [0.2, 0.25) is 0 Å². The summed E-state index contributed by atoms with van der Waals surface area (Å²) < 4.78 is 80.0. The minimum Gasteiger partial charge on any atom is -0.493 e. The molecule has 1 aromatic heterocycles. The highest BCUT2D eigenvalue weighted by molar-refractivity contribution is 6.06. The highest BCUT2D eigenvalue weighted by atomic mass is 19.4. The first kappa shape index (κ1) is 23.6. The number of benzene rings is 2. The Kier molecular flexibility index (Phi) is 6.85. The van der Waals surface area contributed by atoms with Crippen molar-refractivity contribution in [1.29, 1.82) is 0 Å². The number of nitrogens with one attached hydrogen (secondary N) is 2. The molecule has 0 radical (unpaired) electrons. The third-order valence-electron chi connectivity index (χ3n) is 4.22. The van der Waals surface area contributed by atoms with Crippen LogP contribution in [0.4, 0.5) is 33.3 Å². The zero-order valence-electron chi connectivity index (χ0n) is 16.7. The summed E-state index contributed by atoms with van der Waals surface area (Å²) in [5.74, 6) is -2.46. The minimum atomic E-state index is -4.89. The fourth-order valence-electron chi connectivity index (χ4n) is 2.77. The molecule has 0 aliphatic carbocycles. The topological polar surface area (TPSA) is 89.8 Å². The highest BCUT2D eigenvalue weighted by Gasteiger charge is 2.34. The molecular formula is C21H15F5N2O5. The number of rotatable bonds is 7. The van der Waals surface area contributed by atoms with Gasteiger partial charge in [0.1, 0.15) is 0 Å². The third kappa shape index (κ3) is 5.79. The van der Waals surface area contributed by atoms with Crippen molar-refractivity contribution in [2.75, 3.05) is 17.7 Å². The van der Waals surface area contributed by atoms with Gasteiger partial charge in [-0.2, -0.15) is 22.0 Å². The first-order chi connectivity index (χ1) is 15.6. The number of anilines is 2. The van der Waals surface area contributed by atoms with E-state index in [-0.39, 0.29) is 22.8 Å². The SMILES string of the molecule is COc1ccc(C(=O)Nc2ccc(NC(=O)c3ccco3)cc2C(F)(F)F)cc1OC(F)F. The molecule has 0 aliphatic rings. The van der Waals surface area contributed by atoms with Gasteiger partial charge in [0.25, 0.3) is 11.8 Å². The van der Waals surface area contributed by atoms with Gasteiger partial charge in [-0.05, 0) is 48.5 Å². The fraction of sp³-hybridized carbons (Fsp3) is 0.143. The van der Waals surface area contributed by atoms with Crippen molar-refractivity contribution in [1.82, 2.24) is 0 Å². The molecule has 0 atom stereocenters. The van der Waals surface area contributed by atoms with E-state index in [1.807, 2.05) is 0 Å². The van der Waals surface area contributed by atoms with Crippen LogP contribution in [0.25, 0.3) is 0 Å². The number of hydrogen-bond acceptors (Lipinski definition) is 5. The van der Waals surface area contributed by atoms with Crippen LogP contribution in [0.3, 0.4) is 0 Å². The molecule has 0 aliphatic heterocycles. The maximum Gasteiger partial charge on any atom is 0.418 e. The summed E-state index contributed by atoms with van der Waals surface area (Å²) in [4.78, 5) is 24.5. The lowest BCUT2D eigenvalue weighted by atomic mass is 10.1. The van der Waals surface area contributed by atoms with Gasteiger partial charge >= 0.3 is 12.8 Å². The van der Waals surface area contributed by atoms with Crippen LogP contribution in [0.2, 0.25) is 0 Å². The molecule has 3 aromatic rings. The molecule has 2 aromatic carbocycles. The smallest absolute Gasteiger partial charge is 0.418 e. The van der Waals surface area contributed by atoms with Gasteiger partial charge < -0.3 is 24.5 Å². The quantitative estimate of drug-likeness (QED) is 0.451. The zero-order valence-corrected chi connectivity index (χ0v) is 16.7. The standard InChI is InChI=1S/C21H15F5N2O5/c1-31-15-7-4-11(9-17(15)33-20(22)23)18(29)28-14-6-5-12(10-13(14)21(24,25)26)27-19(30)16-3-2-8-32-16/h2-10,20H,1H3,(H,27,30)(H,28,29). The third-order valence-corrected chi connectivity index (χ3v) is 4.22. The molecule has 7 nitrogen and oxygen atoms in total. The molecule has 3 rings (SSSR count). The van der Waals surface area contributed by atoms with Gasteiger partial charge in [0.05, 0.1) is 24.6 Å². The first-order valence-electron chi connectivity index (χ1n) is 9.09. The number of halogens is 5. The molecule has 0 spiro atoms. The van der Waals surface area contributed by atoms with Crippen molar-refractivity contribution < 1.29 is 45.4 Å². The molecule has 0 unspecified atom stereocenters. The van der Waals surface area contributed by atoms with E-state index < -0.39 is 41.6 Å². The number of furan rings is 1.